The molecular formula is C16H23NO7. The summed E-state index contributed by atoms with van der Waals surface area (Å²) in [5.74, 6) is -3.86. The Morgan fingerprint density at radius 3 is 2.17 bits per heavy atom. The molecule has 0 bridgehead atoms. The van der Waals surface area contributed by atoms with Crippen LogP contribution in [-0.2, 0) is 28.6 Å². The highest BCUT2D eigenvalue weighted by molar-refractivity contribution is 6.00. The second-order valence-corrected chi connectivity index (χ2v) is 5.84. The number of rotatable bonds is 6. The molecule has 1 aliphatic rings. The normalized spacial score (nSPS) is 18.9. The van der Waals surface area contributed by atoms with Crippen molar-refractivity contribution in [1.29, 1.82) is 0 Å². The van der Waals surface area contributed by atoms with E-state index in [1.165, 1.54) is 6.08 Å². The summed E-state index contributed by atoms with van der Waals surface area (Å²) in [6.45, 7) is 5.48. The van der Waals surface area contributed by atoms with Crippen molar-refractivity contribution in [3.8, 4) is 0 Å². The van der Waals surface area contributed by atoms with Crippen LogP contribution in [0.2, 0.25) is 0 Å². The second-order valence-electron chi connectivity index (χ2n) is 5.84. The lowest BCUT2D eigenvalue weighted by atomic mass is 9.93. The monoisotopic (exact) mass is 341 g/mol. The predicted molar refractivity (Wildman–Crippen MR) is 82.6 cm³/mol. The molecule has 0 aromatic rings. The molecule has 0 N–H and O–H groups in total. The van der Waals surface area contributed by atoms with Crippen LogP contribution in [0.25, 0.3) is 0 Å². The van der Waals surface area contributed by atoms with Gasteiger partial charge in [-0.3, -0.25) is 14.4 Å². The van der Waals surface area contributed by atoms with E-state index >= 15 is 0 Å². The minimum Gasteiger partial charge on any atom is -0.468 e. The molecule has 1 heterocycles. The van der Waals surface area contributed by atoms with Gasteiger partial charge in [-0.15, -0.1) is 0 Å². The molecular weight excluding hydrogens is 318 g/mol. The third-order valence-corrected chi connectivity index (χ3v) is 3.89. The molecule has 2 atom stereocenters. The Morgan fingerprint density at radius 1 is 1.17 bits per heavy atom. The van der Waals surface area contributed by atoms with Crippen LogP contribution in [0.1, 0.15) is 20.8 Å². The fourth-order valence-electron chi connectivity index (χ4n) is 2.39. The molecule has 0 radical (unpaired) electrons. The lowest BCUT2D eigenvalue weighted by Crippen LogP contribution is -2.41. The number of hydrogen-bond donors (Lipinski definition) is 0. The minimum atomic E-state index is -1.18. The summed E-state index contributed by atoms with van der Waals surface area (Å²) >= 11 is 0. The van der Waals surface area contributed by atoms with E-state index in [2.05, 4.69) is 9.47 Å². The maximum absolute atomic E-state index is 12.3. The molecule has 0 aliphatic carbocycles. The van der Waals surface area contributed by atoms with Crippen molar-refractivity contribution < 1.29 is 33.4 Å². The molecule has 8 nitrogen and oxygen atoms in total. The second kappa shape index (κ2) is 8.47. The van der Waals surface area contributed by atoms with Gasteiger partial charge in [-0.1, -0.05) is 26.8 Å². The Morgan fingerprint density at radius 2 is 1.71 bits per heavy atom. The molecule has 1 aliphatic heterocycles. The Bertz CT molecular complexity index is 525. The number of hydrogen-bond acceptors (Lipinski definition) is 7. The molecule has 24 heavy (non-hydrogen) atoms. The molecule has 1 saturated heterocycles. The van der Waals surface area contributed by atoms with E-state index in [1.54, 1.807) is 6.92 Å². The van der Waals surface area contributed by atoms with Crippen LogP contribution in [0.3, 0.4) is 0 Å². The van der Waals surface area contributed by atoms with Gasteiger partial charge in [0.05, 0.1) is 20.3 Å². The zero-order valence-corrected chi connectivity index (χ0v) is 14.5. The lowest BCUT2D eigenvalue weighted by Gasteiger charge is -2.21. The Hall–Kier alpha value is -2.38. The number of ether oxygens (including phenoxy) is 3. The molecule has 8 heteroatoms. The van der Waals surface area contributed by atoms with Crippen molar-refractivity contribution >= 4 is 23.9 Å². The van der Waals surface area contributed by atoms with Gasteiger partial charge in [-0.25, -0.2) is 9.69 Å². The van der Waals surface area contributed by atoms with Crippen LogP contribution in [0.15, 0.2) is 12.2 Å². The van der Waals surface area contributed by atoms with Gasteiger partial charge in [-0.2, -0.15) is 0 Å². The maximum Gasteiger partial charge on any atom is 0.417 e. The largest absolute Gasteiger partial charge is 0.468 e. The highest BCUT2D eigenvalue weighted by atomic mass is 16.6. The first kappa shape index (κ1) is 19.7. The molecule has 2 amide bonds. The van der Waals surface area contributed by atoms with Crippen molar-refractivity contribution in [2.45, 2.75) is 26.8 Å². The fraction of sp³-hybridized carbons (Fsp3) is 0.625. The van der Waals surface area contributed by atoms with E-state index < -0.39 is 35.8 Å². The Labute approximate surface area is 140 Å². The summed E-state index contributed by atoms with van der Waals surface area (Å²) < 4.78 is 14.1. The quantitative estimate of drug-likeness (QED) is 0.309. The molecule has 134 valence electrons. The van der Waals surface area contributed by atoms with Gasteiger partial charge in [-0.05, 0) is 17.9 Å². The van der Waals surface area contributed by atoms with E-state index in [-0.39, 0.29) is 18.6 Å². The topological polar surface area (TPSA) is 99.2 Å². The number of carbonyl (C=O) groups is 4. The molecule has 0 aromatic carbocycles. The summed E-state index contributed by atoms with van der Waals surface area (Å²) in [7, 11) is 2.32. The number of cyclic esters (lactones) is 1. The van der Waals surface area contributed by atoms with Crippen molar-refractivity contribution in [2.75, 3.05) is 20.8 Å². The standard InChI is InChI=1S/C16H23NO7/c1-9(2)11-8-24-16(21)17(11)12(18)7-6-10(3)13(14(19)22-4)15(20)23-5/h6-7,9-11,13H,8H2,1-5H3/b7-6+/t10-,11+/m0/s1. The summed E-state index contributed by atoms with van der Waals surface area (Å²) in [5, 5.41) is 0. The summed E-state index contributed by atoms with van der Waals surface area (Å²) in [6, 6.07) is -0.345. The van der Waals surface area contributed by atoms with Crippen LogP contribution >= 0.6 is 0 Å². The molecule has 0 spiro atoms. The first-order chi connectivity index (χ1) is 11.2. The van der Waals surface area contributed by atoms with E-state index in [9.17, 15) is 19.2 Å². The van der Waals surface area contributed by atoms with E-state index in [0.29, 0.717) is 0 Å². The predicted octanol–water partition coefficient (Wildman–Crippen LogP) is 1.14. The number of nitrogens with zero attached hydrogens (tertiary/aromatic N) is 1. The van der Waals surface area contributed by atoms with Gasteiger partial charge in [0.2, 0.25) is 0 Å². The third-order valence-electron chi connectivity index (χ3n) is 3.89. The zero-order valence-electron chi connectivity index (χ0n) is 14.5. The van der Waals surface area contributed by atoms with Crippen LogP contribution < -0.4 is 0 Å². The van der Waals surface area contributed by atoms with E-state index in [4.69, 9.17) is 4.74 Å². The average Bonchev–Trinajstić information content (AvgIpc) is 2.94. The van der Waals surface area contributed by atoms with Gasteiger partial charge in [0.25, 0.3) is 5.91 Å². The third kappa shape index (κ3) is 4.33. The first-order valence-corrected chi connectivity index (χ1v) is 7.58. The first-order valence-electron chi connectivity index (χ1n) is 7.58. The van der Waals surface area contributed by atoms with Gasteiger partial charge in [0.15, 0.2) is 5.92 Å². The number of amides is 2. The average molecular weight is 341 g/mol. The fourth-order valence-corrected chi connectivity index (χ4v) is 2.39. The van der Waals surface area contributed by atoms with Gasteiger partial charge in [0.1, 0.15) is 6.61 Å². The molecule has 1 rings (SSSR count). The molecule has 0 unspecified atom stereocenters. The van der Waals surface area contributed by atoms with E-state index in [0.717, 1.165) is 25.2 Å². The maximum atomic E-state index is 12.3. The summed E-state index contributed by atoms with van der Waals surface area (Å²) in [5.41, 5.74) is 0. The van der Waals surface area contributed by atoms with Crippen molar-refractivity contribution in [1.82, 2.24) is 4.90 Å². The Kier molecular flexibility index (Phi) is 6.94. The molecule has 0 saturated carbocycles. The van der Waals surface area contributed by atoms with Gasteiger partial charge >= 0.3 is 18.0 Å². The number of imide groups is 1. The highest BCUT2D eigenvalue weighted by Gasteiger charge is 2.39. The van der Waals surface area contributed by atoms with Crippen LogP contribution in [-0.4, -0.2) is 55.7 Å². The Balaban J connectivity index is 2.89. The zero-order chi connectivity index (χ0) is 18.4. The van der Waals surface area contributed by atoms with Crippen LogP contribution in [0, 0.1) is 17.8 Å². The van der Waals surface area contributed by atoms with Crippen molar-refractivity contribution in [3.63, 3.8) is 0 Å². The smallest absolute Gasteiger partial charge is 0.417 e. The van der Waals surface area contributed by atoms with Crippen molar-refractivity contribution in [3.05, 3.63) is 12.2 Å². The van der Waals surface area contributed by atoms with E-state index in [1.807, 2.05) is 13.8 Å². The van der Waals surface area contributed by atoms with Gasteiger partial charge < -0.3 is 14.2 Å². The SMILES string of the molecule is COC(=O)C(C(=O)OC)[C@@H](C)/C=C/C(=O)N1C(=O)OC[C@@H]1C(C)C. The van der Waals surface area contributed by atoms with Crippen molar-refractivity contribution in [2.24, 2.45) is 17.8 Å². The number of allylic oxidation sites excluding steroid dienone is 1. The summed E-state index contributed by atoms with van der Waals surface area (Å²) in [4.78, 5) is 48.5. The molecule has 1 fully saturated rings. The number of methoxy groups -OCH3 is 2. The number of carbonyl (C=O) groups excluding carboxylic acids is 4. The van der Waals surface area contributed by atoms with Gasteiger partial charge in [0, 0.05) is 0 Å². The van der Waals surface area contributed by atoms with Crippen LogP contribution in [0.4, 0.5) is 4.79 Å². The highest BCUT2D eigenvalue weighted by Crippen LogP contribution is 2.21. The van der Waals surface area contributed by atoms with Crippen LogP contribution in [0.5, 0.6) is 0 Å². The minimum absolute atomic E-state index is 0.0455. The number of esters is 2. The lowest BCUT2D eigenvalue weighted by molar-refractivity contribution is -0.160. The molecule has 0 aromatic heterocycles. The summed E-state index contributed by atoms with van der Waals surface area (Å²) in [6.07, 6.45) is 1.84.